The van der Waals surface area contributed by atoms with Crippen molar-refractivity contribution < 1.29 is 4.79 Å². The fourth-order valence-corrected chi connectivity index (χ4v) is 4.91. The van der Waals surface area contributed by atoms with Gasteiger partial charge < -0.3 is 9.80 Å². The molecule has 1 amide bonds. The van der Waals surface area contributed by atoms with Crippen molar-refractivity contribution in [3.8, 4) is 0 Å². The minimum atomic E-state index is -0.123. The lowest BCUT2D eigenvalue weighted by Crippen LogP contribution is -2.35. The SMILES string of the molecule is Cc1cnc(C(=O)N2CCC[C@@H]2c2nc(C)c3c(n2)N(CCc2ccccc2)CCC3)cn1. The highest BCUT2D eigenvalue weighted by Gasteiger charge is 2.34. The van der Waals surface area contributed by atoms with E-state index in [-0.39, 0.29) is 11.9 Å². The lowest BCUT2D eigenvalue weighted by atomic mass is 10.0. The number of fused-ring (bicyclic) bond motifs is 1. The Labute approximate surface area is 194 Å². The highest BCUT2D eigenvalue weighted by Crippen LogP contribution is 2.35. The average Bonchev–Trinajstić information content (AvgIpc) is 3.33. The Morgan fingerprint density at radius 1 is 1.03 bits per heavy atom. The number of carbonyl (C=O) groups excluding carboxylic acids is 1. The van der Waals surface area contributed by atoms with Crippen molar-refractivity contribution in [2.75, 3.05) is 24.5 Å². The Morgan fingerprint density at radius 3 is 2.67 bits per heavy atom. The molecule has 7 nitrogen and oxygen atoms in total. The van der Waals surface area contributed by atoms with Crippen LogP contribution in [0.4, 0.5) is 5.82 Å². The summed E-state index contributed by atoms with van der Waals surface area (Å²) in [5.74, 6) is 1.71. The maximum Gasteiger partial charge on any atom is 0.274 e. The van der Waals surface area contributed by atoms with Gasteiger partial charge in [-0.15, -0.1) is 0 Å². The Balaban J connectivity index is 1.41. The third-order valence-corrected chi connectivity index (χ3v) is 6.69. The lowest BCUT2D eigenvalue weighted by molar-refractivity contribution is 0.0723. The summed E-state index contributed by atoms with van der Waals surface area (Å²) in [6.45, 7) is 6.57. The summed E-state index contributed by atoms with van der Waals surface area (Å²) in [5, 5.41) is 0. The molecule has 1 atom stereocenters. The van der Waals surface area contributed by atoms with Gasteiger partial charge in [0.15, 0.2) is 5.82 Å². The number of carbonyl (C=O) groups is 1. The van der Waals surface area contributed by atoms with Gasteiger partial charge >= 0.3 is 0 Å². The standard InChI is InChI=1S/C26H30N6O/c1-18-16-28-22(17-27-18)26(33)32-14-7-11-23(32)24-29-19(2)21-10-6-13-31(25(21)30-24)15-12-20-8-4-3-5-9-20/h3-5,8-9,16-17,23H,6-7,10-15H2,1-2H3/t23-/m1/s1. The number of nitrogens with zero attached hydrogens (tertiary/aromatic N) is 6. The topological polar surface area (TPSA) is 75.1 Å². The molecule has 0 unspecified atom stereocenters. The largest absolute Gasteiger partial charge is 0.356 e. The smallest absolute Gasteiger partial charge is 0.274 e. The monoisotopic (exact) mass is 442 g/mol. The molecular weight excluding hydrogens is 412 g/mol. The second-order valence-electron chi connectivity index (χ2n) is 9.00. The van der Waals surface area contributed by atoms with E-state index in [0.29, 0.717) is 12.2 Å². The Hall–Kier alpha value is -3.35. The van der Waals surface area contributed by atoms with E-state index in [1.807, 2.05) is 11.8 Å². The summed E-state index contributed by atoms with van der Waals surface area (Å²) in [5.41, 5.74) is 4.80. The summed E-state index contributed by atoms with van der Waals surface area (Å²) < 4.78 is 0. The van der Waals surface area contributed by atoms with Crippen LogP contribution in [0.2, 0.25) is 0 Å². The molecule has 4 heterocycles. The average molecular weight is 443 g/mol. The van der Waals surface area contributed by atoms with Crippen molar-refractivity contribution in [2.45, 2.75) is 52.0 Å². The highest BCUT2D eigenvalue weighted by molar-refractivity contribution is 5.92. The zero-order valence-corrected chi connectivity index (χ0v) is 19.4. The van der Waals surface area contributed by atoms with Crippen LogP contribution in [0.15, 0.2) is 42.7 Å². The van der Waals surface area contributed by atoms with Crippen LogP contribution in [0.3, 0.4) is 0 Å². The quantitative estimate of drug-likeness (QED) is 0.597. The Kier molecular flexibility index (Phi) is 6.03. The molecule has 0 aliphatic carbocycles. The predicted octanol–water partition coefficient (Wildman–Crippen LogP) is 3.86. The molecule has 2 aromatic heterocycles. The van der Waals surface area contributed by atoms with Gasteiger partial charge in [0.25, 0.3) is 5.91 Å². The third-order valence-electron chi connectivity index (χ3n) is 6.69. The van der Waals surface area contributed by atoms with Gasteiger partial charge in [0.2, 0.25) is 0 Å². The van der Waals surface area contributed by atoms with E-state index < -0.39 is 0 Å². The van der Waals surface area contributed by atoms with Gasteiger partial charge in [0, 0.05) is 37.1 Å². The first-order chi connectivity index (χ1) is 16.1. The van der Waals surface area contributed by atoms with E-state index >= 15 is 0 Å². The maximum atomic E-state index is 13.2. The third kappa shape index (κ3) is 4.45. The van der Waals surface area contributed by atoms with Gasteiger partial charge in [-0.2, -0.15) is 0 Å². The first kappa shape index (κ1) is 21.5. The van der Waals surface area contributed by atoms with Gasteiger partial charge in [0.1, 0.15) is 11.5 Å². The van der Waals surface area contributed by atoms with Crippen LogP contribution in [0, 0.1) is 13.8 Å². The molecule has 2 aliphatic rings. The first-order valence-electron chi connectivity index (χ1n) is 11.9. The highest BCUT2D eigenvalue weighted by atomic mass is 16.2. The number of aromatic nitrogens is 4. The molecular formula is C26H30N6O. The zero-order valence-electron chi connectivity index (χ0n) is 19.4. The molecule has 1 aromatic carbocycles. The van der Waals surface area contributed by atoms with Crippen LogP contribution in [0.1, 0.15) is 64.1 Å². The number of hydrogen-bond acceptors (Lipinski definition) is 6. The molecule has 0 bridgehead atoms. The summed E-state index contributed by atoms with van der Waals surface area (Å²) in [6.07, 6.45) is 8.12. The molecule has 0 saturated carbocycles. The fraction of sp³-hybridized carbons (Fsp3) is 0.423. The predicted molar refractivity (Wildman–Crippen MR) is 127 cm³/mol. The second kappa shape index (κ2) is 9.25. The molecule has 1 saturated heterocycles. The molecule has 2 aliphatic heterocycles. The lowest BCUT2D eigenvalue weighted by Gasteiger charge is -2.32. The van der Waals surface area contributed by atoms with Gasteiger partial charge in [-0.25, -0.2) is 15.0 Å². The van der Waals surface area contributed by atoms with Crippen molar-refractivity contribution in [1.29, 1.82) is 0 Å². The summed E-state index contributed by atoms with van der Waals surface area (Å²) in [6, 6.07) is 10.5. The van der Waals surface area contributed by atoms with Gasteiger partial charge in [0.05, 0.1) is 17.9 Å². The molecule has 0 radical (unpaired) electrons. The normalized spacial score (nSPS) is 17.8. The van der Waals surface area contributed by atoms with E-state index in [1.54, 1.807) is 12.4 Å². The van der Waals surface area contributed by atoms with E-state index in [9.17, 15) is 4.79 Å². The molecule has 5 rings (SSSR count). The zero-order chi connectivity index (χ0) is 22.8. The van der Waals surface area contributed by atoms with E-state index in [0.717, 1.165) is 68.2 Å². The fourth-order valence-electron chi connectivity index (χ4n) is 4.91. The molecule has 7 heteroatoms. The van der Waals surface area contributed by atoms with Crippen molar-refractivity contribution in [3.05, 3.63) is 76.8 Å². The van der Waals surface area contributed by atoms with Crippen LogP contribution >= 0.6 is 0 Å². The molecule has 170 valence electrons. The number of benzene rings is 1. The summed E-state index contributed by atoms with van der Waals surface area (Å²) >= 11 is 0. The molecule has 0 N–H and O–H groups in total. The van der Waals surface area contributed by atoms with Crippen molar-refractivity contribution in [2.24, 2.45) is 0 Å². The number of rotatable bonds is 5. The van der Waals surface area contributed by atoms with Crippen LogP contribution in [-0.4, -0.2) is 50.4 Å². The second-order valence-corrected chi connectivity index (χ2v) is 9.00. The van der Waals surface area contributed by atoms with Gasteiger partial charge in [-0.05, 0) is 51.5 Å². The maximum absolute atomic E-state index is 13.2. The van der Waals surface area contributed by atoms with Gasteiger partial charge in [-0.3, -0.25) is 9.78 Å². The Morgan fingerprint density at radius 2 is 1.88 bits per heavy atom. The van der Waals surface area contributed by atoms with Crippen molar-refractivity contribution in [1.82, 2.24) is 24.8 Å². The summed E-state index contributed by atoms with van der Waals surface area (Å²) in [7, 11) is 0. The van der Waals surface area contributed by atoms with Crippen molar-refractivity contribution in [3.63, 3.8) is 0 Å². The van der Waals surface area contributed by atoms with Crippen LogP contribution in [0.25, 0.3) is 0 Å². The summed E-state index contributed by atoms with van der Waals surface area (Å²) in [4.78, 5) is 36.0. The molecule has 33 heavy (non-hydrogen) atoms. The van der Waals surface area contributed by atoms with E-state index in [2.05, 4.69) is 52.1 Å². The van der Waals surface area contributed by atoms with Gasteiger partial charge in [-0.1, -0.05) is 30.3 Å². The molecule has 3 aromatic rings. The minimum Gasteiger partial charge on any atom is -0.356 e. The first-order valence-corrected chi connectivity index (χ1v) is 11.9. The van der Waals surface area contributed by atoms with Crippen molar-refractivity contribution >= 4 is 11.7 Å². The molecule has 1 fully saturated rings. The number of aryl methyl sites for hydroxylation is 2. The molecule has 0 spiro atoms. The van der Waals surface area contributed by atoms with E-state index in [4.69, 9.17) is 9.97 Å². The number of amides is 1. The van der Waals surface area contributed by atoms with Crippen LogP contribution < -0.4 is 4.90 Å². The van der Waals surface area contributed by atoms with E-state index in [1.165, 1.54) is 11.1 Å². The van der Waals surface area contributed by atoms with Crippen LogP contribution in [-0.2, 0) is 12.8 Å². The number of likely N-dealkylation sites (tertiary alicyclic amines) is 1. The Bertz CT molecular complexity index is 1130. The number of hydrogen-bond donors (Lipinski definition) is 0. The van der Waals surface area contributed by atoms with Crippen LogP contribution in [0.5, 0.6) is 0 Å². The number of anilines is 1. The minimum absolute atomic E-state index is 0.0927.